The van der Waals surface area contributed by atoms with Crippen LogP contribution in [-0.4, -0.2) is 11.3 Å². The van der Waals surface area contributed by atoms with Crippen molar-refractivity contribution in [3.05, 3.63) is 16.4 Å². The lowest BCUT2D eigenvalue weighted by molar-refractivity contribution is -0.274. The van der Waals surface area contributed by atoms with Crippen molar-refractivity contribution in [3.63, 3.8) is 0 Å². The fraction of sp³-hybridized carbons (Fsp3) is 0.167. The van der Waals surface area contributed by atoms with E-state index in [9.17, 15) is 18.0 Å². The third kappa shape index (κ3) is 2.09. The highest BCUT2D eigenvalue weighted by Crippen LogP contribution is 2.23. The van der Waals surface area contributed by atoms with Crippen LogP contribution in [0.15, 0.2) is 11.0 Å². The van der Waals surface area contributed by atoms with Crippen LogP contribution in [0, 0.1) is 0 Å². The molecule has 14 heavy (non-hydrogen) atoms. The smallest absolute Gasteiger partial charge is 0.398 e. The first-order valence-corrected chi connectivity index (χ1v) is 3.33. The molecule has 5 N–H and O–H groups in total. The van der Waals surface area contributed by atoms with Gasteiger partial charge in [-0.3, -0.25) is 4.79 Å². The molecule has 0 atom stereocenters. The molecule has 5 nitrogen and oxygen atoms in total. The quantitative estimate of drug-likeness (QED) is 0.625. The minimum Gasteiger partial charge on any atom is -0.398 e. The lowest BCUT2D eigenvalue weighted by atomic mass is 10.3. The molecule has 0 saturated heterocycles. The fourth-order valence-electron chi connectivity index (χ4n) is 0.757. The molecule has 0 spiro atoms. The van der Waals surface area contributed by atoms with Crippen molar-refractivity contribution >= 4 is 11.5 Å². The van der Waals surface area contributed by atoms with Crippen molar-refractivity contribution in [1.29, 1.82) is 0 Å². The first kappa shape index (κ1) is 10.2. The van der Waals surface area contributed by atoms with Crippen LogP contribution in [0.5, 0.6) is 5.75 Å². The van der Waals surface area contributed by atoms with Crippen molar-refractivity contribution in [2.45, 2.75) is 6.36 Å². The number of aromatic amines is 1. The Kier molecular flexibility index (Phi) is 2.28. The molecule has 1 aromatic heterocycles. The molecule has 0 radical (unpaired) electrons. The second-order valence-corrected chi connectivity index (χ2v) is 2.36. The Bertz CT molecular complexity index is 398. The summed E-state index contributed by atoms with van der Waals surface area (Å²) in [5.74, 6) is -1.57. The average Bonchev–Trinajstić information content (AvgIpc) is 2.04. The van der Waals surface area contributed by atoms with Crippen molar-refractivity contribution in [1.82, 2.24) is 4.98 Å². The van der Waals surface area contributed by atoms with Crippen LogP contribution in [0.1, 0.15) is 0 Å². The number of H-pyrrole nitrogens is 1. The molecule has 0 amide bonds. The van der Waals surface area contributed by atoms with Crippen molar-refractivity contribution in [3.8, 4) is 5.75 Å². The second-order valence-electron chi connectivity index (χ2n) is 2.36. The van der Waals surface area contributed by atoms with Crippen molar-refractivity contribution in [2.24, 2.45) is 0 Å². The highest BCUT2D eigenvalue weighted by molar-refractivity contribution is 5.53. The van der Waals surface area contributed by atoms with Gasteiger partial charge in [-0.05, 0) is 0 Å². The Balaban J connectivity index is 3.21. The number of nitrogens with one attached hydrogen (secondary N) is 1. The number of hydrogen-bond acceptors (Lipinski definition) is 4. The van der Waals surface area contributed by atoms with E-state index in [0.29, 0.717) is 0 Å². The normalized spacial score (nSPS) is 11.4. The summed E-state index contributed by atoms with van der Waals surface area (Å²) in [5.41, 5.74) is 8.62. The van der Waals surface area contributed by atoms with Gasteiger partial charge in [-0.1, -0.05) is 0 Å². The molecule has 8 heteroatoms. The number of rotatable bonds is 1. The summed E-state index contributed by atoms with van der Waals surface area (Å²) in [7, 11) is 0. The highest BCUT2D eigenvalue weighted by Gasteiger charge is 2.33. The van der Waals surface area contributed by atoms with Gasteiger partial charge in [0.25, 0.3) is 0 Å². The van der Waals surface area contributed by atoms with Gasteiger partial charge in [0, 0.05) is 6.20 Å². The Morgan fingerprint density at radius 1 is 1.36 bits per heavy atom. The molecule has 1 heterocycles. The van der Waals surface area contributed by atoms with E-state index in [2.05, 4.69) is 9.72 Å². The predicted molar refractivity (Wildman–Crippen MR) is 42.6 cm³/mol. The first-order chi connectivity index (χ1) is 6.31. The molecule has 0 aliphatic carbocycles. The zero-order valence-corrected chi connectivity index (χ0v) is 6.68. The van der Waals surface area contributed by atoms with Crippen molar-refractivity contribution in [2.75, 3.05) is 11.5 Å². The van der Waals surface area contributed by atoms with Crippen LogP contribution in [0.3, 0.4) is 0 Å². The summed E-state index contributed by atoms with van der Waals surface area (Å²) >= 11 is 0. The van der Waals surface area contributed by atoms with E-state index in [4.69, 9.17) is 11.5 Å². The number of hydrogen-bond donors (Lipinski definition) is 3. The van der Waals surface area contributed by atoms with Gasteiger partial charge < -0.3 is 21.2 Å². The molecule has 0 saturated carbocycles. The van der Waals surface area contributed by atoms with Crippen LogP contribution in [-0.2, 0) is 0 Å². The minimum atomic E-state index is -4.98. The molecule has 0 aliphatic heterocycles. The number of nitrogens with two attached hydrogens (primary N) is 2. The van der Waals surface area contributed by atoms with Crippen LogP contribution in [0.25, 0.3) is 0 Å². The zero-order valence-electron chi connectivity index (χ0n) is 6.68. The fourth-order valence-corrected chi connectivity index (χ4v) is 0.757. The third-order valence-electron chi connectivity index (χ3n) is 1.31. The van der Waals surface area contributed by atoms with Gasteiger partial charge in [0.1, 0.15) is 5.82 Å². The Morgan fingerprint density at radius 2 is 1.93 bits per heavy atom. The first-order valence-electron chi connectivity index (χ1n) is 3.33. The van der Waals surface area contributed by atoms with Crippen molar-refractivity contribution < 1.29 is 17.9 Å². The molecule has 78 valence electrons. The van der Waals surface area contributed by atoms with E-state index in [1.807, 2.05) is 0 Å². The number of aromatic nitrogens is 1. The maximum Gasteiger partial charge on any atom is 0.573 e. The maximum atomic E-state index is 11.8. The molecule has 0 aliphatic rings. The van der Waals surface area contributed by atoms with Gasteiger partial charge in [-0.2, -0.15) is 0 Å². The van der Waals surface area contributed by atoms with Crippen LogP contribution in [0.4, 0.5) is 24.7 Å². The van der Waals surface area contributed by atoms with E-state index >= 15 is 0 Å². The summed E-state index contributed by atoms with van der Waals surface area (Å²) in [6.45, 7) is 0. The van der Waals surface area contributed by atoms with Crippen LogP contribution in [0.2, 0.25) is 0 Å². The van der Waals surface area contributed by atoms with E-state index in [1.54, 1.807) is 0 Å². The Labute approximate surface area is 75.5 Å². The Morgan fingerprint density at radius 3 is 2.43 bits per heavy atom. The third-order valence-corrected chi connectivity index (χ3v) is 1.31. The molecule has 1 aromatic rings. The molecule has 0 unspecified atom stereocenters. The molecule has 0 aromatic carbocycles. The highest BCUT2D eigenvalue weighted by atomic mass is 19.4. The predicted octanol–water partition coefficient (Wildman–Crippen LogP) is 0.438. The number of nitrogen functional groups attached to an aromatic ring is 2. The SMILES string of the molecule is Nc1[nH]cc(N)c(=O)c1OC(F)(F)F. The summed E-state index contributed by atoms with van der Waals surface area (Å²) in [4.78, 5) is 13.2. The van der Waals surface area contributed by atoms with E-state index in [-0.39, 0.29) is 0 Å². The number of pyridine rings is 1. The summed E-state index contributed by atoms with van der Waals surface area (Å²) in [6, 6.07) is 0. The van der Waals surface area contributed by atoms with Gasteiger partial charge in [0.2, 0.25) is 11.2 Å². The van der Waals surface area contributed by atoms with Crippen LogP contribution >= 0.6 is 0 Å². The topological polar surface area (TPSA) is 94.1 Å². The summed E-state index contributed by atoms with van der Waals surface area (Å²) in [5, 5.41) is 0. The van der Waals surface area contributed by atoms with Gasteiger partial charge >= 0.3 is 6.36 Å². The largest absolute Gasteiger partial charge is 0.573 e. The number of anilines is 2. The van der Waals surface area contributed by atoms with Gasteiger partial charge in [-0.15, -0.1) is 13.2 Å². The lowest BCUT2D eigenvalue weighted by Crippen LogP contribution is -2.24. The molecule has 0 bridgehead atoms. The van der Waals surface area contributed by atoms with E-state index in [0.717, 1.165) is 6.20 Å². The number of ether oxygens (including phenoxy) is 1. The molecular weight excluding hydrogens is 203 g/mol. The van der Waals surface area contributed by atoms with E-state index in [1.165, 1.54) is 0 Å². The lowest BCUT2D eigenvalue weighted by Gasteiger charge is -2.10. The second kappa shape index (κ2) is 3.13. The maximum absolute atomic E-state index is 11.8. The average molecular weight is 209 g/mol. The monoisotopic (exact) mass is 209 g/mol. The zero-order chi connectivity index (χ0) is 10.9. The Hall–Kier alpha value is -1.86. The molecule has 1 rings (SSSR count). The van der Waals surface area contributed by atoms with Gasteiger partial charge in [-0.25, -0.2) is 0 Å². The van der Waals surface area contributed by atoms with Gasteiger partial charge in [0.05, 0.1) is 5.69 Å². The number of halogens is 3. The van der Waals surface area contributed by atoms with Gasteiger partial charge in [0.15, 0.2) is 0 Å². The summed E-state index contributed by atoms with van der Waals surface area (Å²) < 4.78 is 38.7. The standard InChI is InChI=1S/C6H6F3N3O2/c7-6(8,9)14-4-3(13)2(10)1-12-5(4)11/h1H,10H2,(H3,11,12,13). The minimum absolute atomic E-state index is 0.404. The van der Waals surface area contributed by atoms with Crippen LogP contribution < -0.4 is 21.6 Å². The number of alkyl halides is 3. The van der Waals surface area contributed by atoms with E-state index < -0.39 is 29.0 Å². The summed E-state index contributed by atoms with van der Waals surface area (Å²) in [6.07, 6.45) is -3.99. The molecule has 0 fully saturated rings. The molecular formula is C6H6F3N3O2.